The zero-order valence-corrected chi connectivity index (χ0v) is 20.4. The van der Waals surface area contributed by atoms with E-state index in [1.54, 1.807) is 0 Å². The molecule has 35 heavy (non-hydrogen) atoms. The van der Waals surface area contributed by atoms with Crippen molar-refractivity contribution in [3.8, 4) is 0 Å². The quantitative estimate of drug-likeness (QED) is 0.311. The molecule has 0 bridgehead atoms. The number of ether oxygens (including phenoxy) is 1. The molecule has 4 aromatic rings. The molecular formula is C30H33N3O2. The third-order valence-corrected chi connectivity index (χ3v) is 6.85. The minimum atomic E-state index is 0.0979. The standard InChI is InChI=1S/C30H33N3O2/c1-2-33-20-25(14-8-9-15-35-21-22-10-4-3-5-11-22)29(34)28-18-27(19-31-30(28)33)32-26-16-23-12-6-7-13-24(23)17-26/h3-7,10-13,18-20,26,32H,2,8-9,14-17,21H2,1H3. The van der Waals surface area contributed by atoms with Crippen LogP contribution in [-0.4, -0.2) is 22.2 Å². The van der Waals surface area contributed by atoms with Crippen molar-refractivity contribution in [2.45, 2.75) is 58.2 Å². The zero-order chi connectivity index (χ0) is 24.0. The summed E-state index contributed by atoms with van der Waals surface area (Å²) in [7, 11) is 0. The summed E-state index contributed by atoms with van der Waals surface area (Å²) in [5.74, 6) is 0. The van der Waals surface area contributed by atoms with Crippen LogP contribution in [-0.2, 0) is 37.2 Å². The van der Waals surface area contributed by atoms with Gasteiger partial charge in [0.15, 0.2) is 5.43 Å². The molecule has 2 heterocycles. The molecule has 2 aromatic heterocycles. The molecule has 0 saturated carbocycles. The minimum absolute atomic E-state index is 0.0979. The molecule has 0 amide bonds. The van der Waals surface area contributed by atoms with E-state index in [2.05, 4.69) is 58.2 Å². The first-order chi connectivity index (χ1) is 17.2. The van der Waals surface area contributed by atoms with Crippen LogP contribution in [0.15, 0.2) is 77.9 Å². The Hall–Kier alpha value is -3.44. The Labute approximate surface area is 206 Å². The molecule has 0 saturated heterocycles. The van der Waals surface area contributed by atoms with Crippen LogP contribution in [0.25, 0.3) is 11.0 Å². The Morgan fingerprint density at radius 2 is 1.77 bits per heavy atom. The van der Waals surface area contributed by atoms with Gasteiger partial charge in [-0.3, -0.25) is 4.79 Å². The van der Waals surface area contributed by atoms with E-state index in [9.17, 15) is 4.79 Å². The van der Waals surface area contributed by atoms with Crippen molar-refractivity contribution >= 4 is 16.7 Å². The summed E-state index contributed by atoms with van der Waals surface area (Å²) in [6.45, 7) is 4.20. The van der Waals surface area contributed by atoms with Crippen LogP contribution >= 0.6 is 0 Å². The molecule has 0 spiro atoms. The molecule has 2 aromatic carbocycles. The monoisotopic (exact) mass is 467 g/mol. The van der Waals surface area contributed by atoms with Crippen molar-refractivity contribution in [3.05, 3.63) is 106 Å². The van der Waals surface area contributed by atoms with Crippen molar-refractivity contribution in [2.75, 3.05) is 11.9 Å². The summed E-state index contributed by atoms with van der Waals surface area (Å²) in [6, 6.07) is 21.1. The number of fused-ring (bicyclic) bond motifs is 2. The maximum Gasteiger partial charge on any atom is 0.194 e. The van der Waals surface area contributed by atoms with E-state index in [1.807, 2.05) is 36.7 Å². The fourth-order valence-corrected chi connectivity index (χ4v) is 5.01. The highest BCUT2D eigenvalue weighted by Crippen LogP contribution is 2.25. The summed E-state index contributed by atoms with van der Waals surface area (Å²) in [5.41, 5.74) is 6.63. The van der Waals surface area contributed by atoms with Gasteiger partial charge in [0.25, 0.3) is 0 Å². The molecule has 1 aliphatic rings. The van der Waals surface area contributed by atoms with Gasteiger partial charge in [-0.1, -0.05) is 54.6 Å². The van der Waals surface area contributed by atoms with Crippen molar-refractivity contribution in [2.24, 2.45) is 0 Å². The normalized spacial score (nSPS) is 13.3. The second kappa shape index (κ2) is 10.9. The molecule has 1 N–H and O–H groups in total. The van der Waals surface area contributed by atoms with Crippen LogP contribution < -0.4 is 10.7 Å². The van der Waals surface area contributed by atoms with Crippen LogP contribution in [0.1, 0.15) is 42.0 Å². The Balaban J connectivity index is 1.24. The van der Waals surface area contributed by atoms with Crippen LogP contribution in [0.2, 0.25) is 0 Å². The van der Waals surface area contributed by atoms with Gasteiger partial charge in [0.2, 0.25) is 0 Å². The van der Waals surface area contributed by atoms with Gasteiger partial charge < -0.3 is 14.6 Å². The van der Waals surface area contributed by atoms with E-state index >= 15 is 0 Å². The lowest BCUT2D eigenvalue weighted by molar-refractivity contribution is 0.117. The first kappa shape index (κ1) is 23.3. The van der Waals surface area contributed by atoms with E-state index in [0.717, 1.165) is 55.5 Å². The summed E-state index contributed by atoms with van der Waals surface area (Å²) in [5, 5.41) is 4.32. The van der Waals surface area contributed by atoms with Crippen molar-refractivity contribution in [1.29, 1.82) is 0 Å². The number of hydrogen-bond acceptors (Lipinski definition) is 4. The highest BCUT2D eigenvalue weighted by atomic mass is 16.5. The molecular weight excluding hydrogens is 434 g/mol. The third kappa shape index (κ3) is 5.46. The Bertz CT molecular complexity index is 1320. The molecule has 0 atom stereocenters. The largest absolute Gasteiger partial charge is 0.380 e. The van der Waals surface area contributed by atoms with E-state index < -0.39 is 0 Å². The number of nitrogens with zero attached hydrogens (tertiary/aromatic N) is 2. The number of nitrogens with one attached hydrogen (secondary N) is 1. The highest BCUT2D eigenvalue weighted by Gasteiger charge is 2.21. The minimum Gasteiger partial charge on any atom is -0.380 e. The summed E-state index contributed by atoms with van der Waals surface area (Å²) < 4.78 is 7.89. The molecule has 5 heteroatoms. The molecule has 0 radical (unpaired) electrons. The Morgan fingerprint density at radius 1 is 1.03 bits per heavy atom. The fraction of sp³-hybridized carbons (Fsp3) is 0.333. The molecule has 0 unspecified atom stereocenters. The molecule has 180 valence electrons. The third-order valence-electron chi connectivity index (χ3n) is 6.85. The van der Waals surface area contributed by atoms with Gasteiger partial charge in [0.05, 0.1) is 23.9 Å². The van der Waals surface area contributed by atoms with E-state index in [1.165, 1.54) is 16.7 Å². The second-order valence-electron chi connectivity index (χ2n) is 9.38. The maximum atomic E-state index is 13.4. The van der Waals surface area contributed by atoms with Gasteiger partial charge >= 0.3 is 0 Å². The van der Waals surface area contributed by atoms with Gasteiger partial charge in [-0.05, 0) is 61.8 Å². The van der Waals surface area contributed by atoms with E-state index in [0.29, 0.717) is 24.6 Å². The Kier molecular flexibility index (Phi) is 7.24. The van der Waals surface area contributed by atoms with Crippen molar-refractivity contribution in [3.63, 3.8) is 0 Å². The van der Waals surface area contributed by atoms with Gasteiger partial charge in [-0.15, -0.1) is 0 Å². The lowest BCUT2D eigenvalue weighted by Gasteiger charge is -2.16. The molecule has 5 rings (SSSR count). The first-order valence-corrected chi connectivity index (χ1v) is 12.7. The fourth-order valence-electron chi connectivity index (χ4n) is 5.01. The molecule has 1 aliphatic carbocycles. The average molecular weight is 468 g/mol. The van der Waals surface area contributed by atoms with Crippen molar-refractivity contribution in [1.82, 2.24) is 9.55 Å². The smallest absolute Gasteiger partial charge is 0.194 e. The topological polar surface area (TPSA) is 56.1 Å². The predicted octanol–water partition coefficient (Wildman–Crippen LogP) is 5.54. The number of rotatable bonds is 10. The van der Waals surface area contributed by atoms with Crippen LogP contribution in [0.3, 0.4) is 0 Å². The van der Waals surface area contributed by atoms with E-state index in [-0.39, 0.29) is 5.43 Å². The summed E-state index contributed by atoms with van der Waals surface area (Å²) in [6.07, 6.45) is 8.45. The molecule has 0 aliphatic heterocycles. The molecule has 0 fully saturated rings. The number of hydrogen-bond donors (Lipinski definition) is 1. The molecule has 5 nitrogen and oxygen atoms in total. The van der Waals surface area contributed by atoms with Gasteiger partial charge in [-0.25, -0.2) is 4.98 Å². The number of aryl methyl sites for hydroxylation is 2. The van der Waals surface area contributed by atoms with Gasteiger partial charge in [-0.2, -0.15) is 0 Å². The lowest BCUT2D eigenvalue weighted by atomic mass is 10.1. The SMILES string of the molecule is CCn1cc(CCCCOCc2ccccc2)c(=O)c2cc(NC3Cc4ccccc4C3)cnc21. The Morgan fingerprint density at radius 3 is 2.51 bits per heavy atom. The summed E-state index contributed by atoms with van der Waals surface area (Å²) in [4.78, 5) is 18.0. The second-order valence-corrected chi connectivity index (χ2v) is 9.38. The number of anilines is 1. The maximum absolute atomic E-state index is 13.4. The van der Waals surface area contributed by atoms with Crippen LogP contribution in [0, 0.1) is 0 Å². The van der Waals surface area contributed by atoms with Crippen LogP contribution in [0.5, 0.6) is 0 Å². The lowest BCUT2D eigenvalue weighted by Crippen LogP contribution is -2.20. The van der Waals surface area contributed by atoms with Gasteiger partial charge in [0.1, 0.15) is 5.65 Å². The first-order valence-electron chi connectivity index (χ1n) is 12.7. The number of aromatic nitrogens is 2. The summed E-state index contributed by atoms with van der Waals surface area (Å²) >= 11 is 0. The van der Waals surface area contributed by atoms with Gasteiger partial charge in [0, 0.05) is 31.0 Å². The van der Waals surface area contributed by atoms with Crippen LogP contribution in [0.4, 0.5) is 5.69 Å². The zero-order valence-electron chi connectivity index (χ0n) is 20.4. The van der Waals surface area contributed by atoms with E-state index in [4.69, 9.17) is 4.74 Å². The van der Waals surface area contributed by atoms with Crippen molar-refractivity contribution < 1.29 is 4.74 Å². The average Bonchev–Trinajstić information content (AvgIpc) is 3.30. The predicted molar refractivity (Wildman–Crippen MR) is 142 cm³/mol. The highest BCUT2D eigenvalue weighted by molar-refractivity contribution is 5.79. The number of benzene rings is 2. The number of unbranched alkanes of at least 4 members (excludes halogenated alkanes) is 1. The number of pyridine rings is 2.